The zero-order valence-electron chi connectivity index (χ0n) is 14.0. The highest BCUT2D eigenvalue weighted by Gasteiger charge is 2.34. The standard InChI is InChI=1S/C19H28Si2/c1-17(21(4,5)19-14-10-11-15-19)16-20(2,3)18-12-8-6-7-9-13-18/h6-16,18-19H,1-5H3/b17-16+. The molecular weight excluding hydrogens is 284 g/mol. The van der Waals surface area contributed by atoms with Crippen molar-refractivity contribution in [2.24, 2.45) is 0 Å². The summed E-state index contributed by atoms with van der Waals surface area (Å²) in [6.07, 6.45) is 22.6. The fraction of sp³-hybridized carbons (Fsp3) is 0.368. The van der Waals surface area contributed by atoms with Crippen molar-refractivity contribution in [3.63, 3.8) is 0 Å². The van der Waals surface area contributed by atoms with E-state index in [2.05, 4.69) is 99.6 Å². The average molecular weight is 313 g/mol. The van der Waals surface area contributed by atoms with Gasteiger partial charge in [0.05, 0.1) is 16.1 Å². The minimum atomic E-state index is -1.45. The smallest absolute Gasteiger partial charge is 0.0848 e. The summed E-state index contributed by atoms with van der Waals surface area (Å²) < 4.78 is 0. The zero-order chi connectivity index (χ0) is 15.5. The summed E-state index contributed by atoms with van der Waals surface area (Å²) in [6, 6.07) is 0. The van der Waals surface area contributed by atoms with Crippen molar-refractivity contribution in [3.05, 3.63) is 71.7 Å². The lowest BCUT2D eigenvalue weighted by Crippen LogP contribution is -2.36. The van der Waals surface area contributed by atoms with Crippen LogP contribution < -0.4 is 0 Å². The van der Waals surface area contributed by atoms with Crippen LogP contribution in [0, 0.1) is 0 Å². The van der Waals surface area contributed by atoms with E-state index < -0.39 is 16.1 Å². The van der Waals surface area contributed by atoms with Gasteiger partial charge in [0.1, 0.15) is 0 Å². The fourth-order valence-electron chi connectivity index (χ4n) is 3.07. The summed E-state index contributed by atoms with van der Waals surface area (Å²) in [5.74, 6) is 0. The molecule has 2 aliphatic carbocycles. The second kappa shape index (κ2) is 6.33. The monoisotopic (exact) mass is 312 g/mol. The Morgan fingerprint density at radius 2 is 1.14 bits per heavy atom. The molecule has 0 aliphatic heterocycles. The van der Waals surface area contributed by atoms with Crippen molar-refractivity contribution in [2.75, 3.05) is 0 Å². The molecule has 0 amide bonds. The van der Waals surface area contributed by atoms with E-state index in [-0.39, 0.29) is 0 Å². The van der Waals surface area contributed by atoms with Crippen LogP contribution >= 0.6 is 0 Å². The van der Waals surface area contributed by atoms with Crippen LogP contribution in [-0.2, 0) is 0 Å². The van der Waals surface area contributed by atoms with Gasteiger partial charge in [0.15, 0.2) is 0 Å². The largest absolute Gasteiger partial charge is 0.0986 e. The van der Waals surface area contributed by atoms with E-state index in [1.54, 1.807) is 5.20 Å². The van der Waals surface area contributed by atoms with Gasteiger partial charge < -0.3 is 0 Å². The van der Waals surface area contributed by atoms with Crippen molar-refractivity contribution in [1.29, 1.82) is 0 Å². The maximum atomic E-state index is 2.67. The molecule has 0 spiro atoms. The molecule has 0 fully saturated rings. The predicted octanol–water partition coefficient (Wildman–Crippen LogP) is 5.98. The lowest BCUT2D eigenvalue weighted by molar-refractivity contribution is 1.26. The number of allylic oxidation sites excluding steroid dienone is 11. The summed E-state index contributed by atoms with van der Waals surface area (Å²) in [6.45, 7) is 12.4. The number of hydrogen-bond acceptors (Lipinski definition) is 0. The number of hydrogen-bond donors (Lipinski definition) is 0. The van der Waals surface area contributed by atoms with E-state index in [1.165, 1.54) is 0 Å². The molecular formula is C19H28Si2. The second-order valence-electron chi connectivity index (χ2n) is 7.35. The van der Waals surface area contributed by atoms with E-state index in [0.29, 0.717) is 11.1 Å². The van der Waals surface area contributed by atoms with Crippen molar-refractivity contribution in [2.45, 2.75) is 44.2 Å². The zero-order valence-corrected chi connectivity index (χ0v) is 16.0. The van der Waals surface area contributed by atoms with Gasteiger partial charge in [-0.1, -0.05) is 97.8 Å². The highest BCUT2D eigenvalue weighted by Crippen LogP contribution is 2.36. The fourth-order valence-corrected chi connectivity index (χ4v) is 9.91. The molecule has 2 heteroatoms. The summed E-state index contributed by atoms with van der Waals surface area (Å²) in [4.78, 5) is 0. The van der Waals surface area contributed by atoms with Crippen molar-refractivity contribution >= 4 is 16.1 Å². The van der Waals surface area contributed by atoms with E-state index in [9.17, 15) is 0 Å². The molecule has 2 rings (SSSR count). The van der Waals surface area contributed by atoms with E-state index in [1.807, 2.05) is 0 Å². The molecule has 112 valence electrons. The van der Waals surface area contributed by atoms with Crippen LogP contribution in [0.4, 0.5) is 0 Å². The normalized spacial score (nSPS) is 20.5. The van der Waals surface area contributed by atoms with Gasteiger partial charge in [-0.3, -0.25) is 0 Å². The third-order valence-electron chi connectivity index (χ3n) is 5.02. The van der Waals surface area contributed by atoms with Gasteiger partial charge in [-0.25, -0.2) is 0 Å². The molecule has 0 N–H and O–H groups in total. The molecule has 0 saturated heterocycles. The van der Waals surface area contributed by atoms with Gasteiger partial charge in [0.25, 0.3) is 0 Å². The minimum absolute atomic E-state index is 0.599. The maximum Gasteiger partial charge on any atom is 0.0848 e. The molecule has 0 atom stereocenters. The van der Waals surface area contributed by atoms with Crippen LogP contribution in [0.3, 0.4) is 0 Å². The summed E-state index contributed by atoms with van der Waals surface area (Å²) >= 11 is 0. The molecule has 0 saturated carbocycles. The highest BCUT2D eigenvalue weighted by molar-refractivity contribution is 6.91. The summed E-state index contributed by atoms with van der Waals surface area (Å²) in [5.41, 5.74) is 3.94. The van der Waals surface area contributed by atoms with Crippen LogP contribution in [0.25, 0.3) is 0 Å². The molecule has 0 aromatic rings. The van der Waals surface area contributed by atoms with Gasteiger partial charge >= 0.3 is 0 Å². The first-order chi connectivity index (χ1) is 9.84. The highest BCUT2D eigenvalue weighted by atomic mass is 28.3. The van der Waals surface area contributed by atoms with E-state index in [0.717, 1.165) is 0 Å². The lowest BCUT2D eigenvalue weighted by atomic mass is 10.4. The van der Waals surface area contributed by atoms with Crippen molar-refractivity contribution in [3.8, 4) is 0 Å². The predicted molar refractivity (Wildman–Crippen MR) is 102 cm³/mol. The Labute approximate surface area is 132 Å². The molecule has 0 aromatic heterocycles. The minimum Gasteiger partial charge on any atom is -0.0986 e. The van der Waals surface area contributed by atoms with Gasteiger partial charge in [-0.2, -0.15) is 0 Å². The lowest BCUT2D eigenvalue weighted by Gasteiger charge is -2.33. The molecule has 2 aliphatic rings. The Morgan fingerprint density at radius 1 is 0.714 bits per heavy atom. The quantitative estimate of drug-likeness (QED) is 0.560. The Morgan fingerprint density at radius 3 is 1.67 bits per heavy atom. The molecule has 0 aromatic carbocycles. The van der Waals surface area contributed by atoms with Gasteiger partial charge in [0.2, 0.25) is 0 Å². The van der Waals surface area contributed by atoms with Gasteiger partial charge in [0, 0.05) is 0 Å². The maximum absolute atomic E-state index is 2.67. The summed E-state index contributed by atoms with van der Waals surface area (Å²) in [5, 5.41) is 1.67. The topological polar surface area (TPSA) is 0 Å². The number of rotatable bonds is 4. The van der Waals surface area contributed by atoms with Gasteiger partial charge in [-0.15, -0.1) is 0 Å². The van der Waals surface area contributed by atoms with Crippen LogP contribution in [0.15, 0.2) is 71.7 Å². The molecule has 0 unspecified atom stereocenters. The Balaban J connectivity index is 2.24. The van der Waals surface area contributed by atoms with Crippen LogP contribution in [0.5, 0.6) is 0 Å². The summed E-state index contributed by atoms with van der Waals surface area (Å²) in [7, 11) is -2.85. The molecule has 21 heavy (non-hydrogen) atoms. The Hall–Kier alpha value is -1.13. The average Bonchev–Trinajstić information content (AvgIpc) is 2.81. The second-order valence-corrected chi connectivity index (χ2v) is 16.8. The van der Waals surface area contributed by atoms with Gasteiger partial charge in [-0.05, 0) is 18.0 Å². The first-order valence-electron chi connectivity index (χ1n) is 7.90. The third kappa shape index (κ3) is 3.75. The van der Waals surface area contributed by atoms with Crippen LogP contribution in [0.2, 0.25) is 37.3 Å². The van der Waals surface area contributed by atoms with E-state index >= 15 is 0 Å². The molecule has 0 bridgehead atoms. The first kappa shape index (κ1) is 16.2. The Bertz CT molecular complexity index is 526. The van der Waals surface area contributed by atoms with Crippen LogP contribution in [0.1, 0.15) is 6.92 Å². The SMILES string of the molecule is C/C(=C\[Si](C)(C)C1C=CC=CC=C1)[Si](C)(C)C1C=CC=C1. The van der Waals surface area contributed by atoms with Crippen molar-refractivity contribution in [1.82, 2.24) is 0 Å². The van der Waals surface area contributed by atoms with E-state index in [4.69, 9.17) is 0 Å². The first-order valence-corrected chi connectivity index (χ1v) is 14.1. The van der Waals surface area contributed by atoms with Crippen molar-refractivity contribution < 1.29 is 0 Å². The molecule has 0 nitrogen and oxygen atoms in total. The Kier molecular flexibility index (Phi) is 4.89. The van der Waals surface area contributed by atoms with Crippen LogP contribution in [-0.4, -0.2) is 16.1 Å². The third-order valence-corrected chi connectivity index (χ3v) is 12.8. The molecule has 0 heterocycles. The molecule has 0 radical (unpaired) electrons.